The van der Waals surface area contributed by atoms with Gasteiger partial charge in [0, 0.05) is 12.6 Å². The van der Waals surface area contributed by atoms with Gasteiger partial charge in [0.2, 0.25) is 0 Å². The van der Waals surface area contributed by atoms with Crippen molar-refractivity contribution in [1.29, 1.82) is 0 Å². The van der Waals surface area contributed by atoms with Crippen LogP contribution in [0.5, 0.6) is 0 Å². The number of rotatable bonds is 6. The fraction of sp³-hybridized carbons (Fsp3) is 1.00. The summed E-state index contributed by atoms with van der Waals surface area (Å²) in [7, 11) is 2.26. The Labute approximate surface area is 102 Å². The molecular weight excluding hydrogens is 196 g/mol. The first-order valence-electron chi connectivity index (χ1n) is 7.18. The van der Waals surface area contributed by atoms with Gasteiger partial charge >= 0.3 is 0 Å². The predicted molar refractivity (Wildman–Crippen MR) is 71.6 cm³/mol. The van der Waals surface area contributed by atoms with Crippen LogP contribution >= 0.6 is 0 Å². The summed E-state index contributed by atoms with van der Waals surface area (Å²) < 4.78 is 0. The van der Waals surface area contributed by atoms with Crippen molar-refractivity contribution in [3.63, 3.8) is 0 Å². The highest BCUT2D eigenvalue weighted by molar-refractivity contribution is 4.78. The van der Waals surface area contributed by atoms with E-state index in [0.29, 0.717) is 6.04 Å². The maximum atomic E-state index is 6.26. The Balaban J connectivity index is 2.22. The molecular formula is C14H30N2. The van der Waals surface area contributed by atoms with Gasteiger partial charge in [0.1, 0.15) is 0 Å². The van der Waals surface area contributed by atoms with E-state index in [1.54, 1.807) is 0 Å². The number of unbranched alkanes of at least 4 members (excludes halogenated alkanes) is 2. The highest BCUT2D eigenvalue weighted by Crippen LogP contribution is 2.22. The lowest BCUT2D eigenvalue weighted by Gasteiger charge is -2.27. The Kier molecular flexibility index (Phi) is 7.06. The van der Waals surface area contributed by atoms with Gasteiger partial charge in [0.15, 0.2) is 0 Å². The van der Waals surface area contributed by atoms with Crippen molar-refractivity contribution in [2.24, 2.45) is 11.7 Å². The van der Waals surface area contributed by atoms with Crippen LogP contribution in [0.4, 0.5) is 0 Å². The van der Waals surface area contributed by atoms with E-state index < -0.39 is 0 Å². The minimum atomic E-state index is 0.455. The Bertz CT molecular complexity index is 170. The number of hydrogen-bond acceptors (Lipinski definition) is 2. The summed E-state index contributed by atoms with van der Waals surface area (Å²) in [5, 5.41) is 0. The van der Waals surface area contributed by atoms with E-state index in [-0.39, 0.29) is 0 Å². The fourth-order valence-corrected chi connectivity index (χ4v) is 2.76. The first-order valence-corrected chi connectivity index (χ1v) is 7.18. The highest BCUT2D eigenvalue weighted by Gasteiger charge is 2.21. The minimum Gasteiger partial charge on any atom is -0.327 e. The lowest BCUT2D eigenvalue weighted by atomic mass is 9.95. The average Bonchev–Trinajstić information content (AvgIpc) is 2.45. The van der Waals surface area contributed by atoms with Crippen molar-refractivity contribution in [1.82, 2.24) is 4.90 Å². The Morgan fingerprint density at radius 1 is 1.12 bits per heavy atom. The molecule has 2 atom stereocenters. The maximum absolute atomic E-state index is 6.26. The van der Waals surface area contributed by atoms with Gasteiger partial charge in [-0.05, 0) is 38.8 Å². The molecule has 2 N–H and O–H groups in total. The zero-order chi connectivity index (χ0) is 11.8. The molecule has 1 aliphatic rings. The zero-order valence-corrected chi connectivity index (χ0v) is 11.3. The second-order valence-corrected chi connectivity index (χ2v) is 5.53. The molecule has 1 fully saturated rings. The largest absolute Gasteiger partial charge is 0.327 e. The molecule has 0 saturated heterocycles. The van der Waals surface area contributed by atoms with Crippen LogP contribution in [0, 0.1) is 5.92 Å². The molecule has 0 bridgehead atoms. The quantitative estimate of drug-likeness (QED) is 0.557. The van der Waals surface area contributed by atoms with E-state index in [1.165, 1.54) is 64.5 Å². The van der Waals surface area contributed by atoms with Gasteiger partial charge in [-0.2, -0.15) is 0 Å². The molecule has 1 saturated carbocycles. The van der Waals surface area contributed by atoms with E-state index in [0.717, 1.165) is 5.92 Å². The molecule has 0 aromatic rings. The molecule has 96 valence electrons. The summed E-state index contributed by atoms with van der Waals surface area (Å²) in [6, 6.07) is 0.455. The summed E-state index contributed by atoms with van der Waals surface area (Å²) >= 11 is 0. The monoisotopic (exact) mass is 226 g/mol. The van der Waals surface area contributed by atoms with Crippen LogP contribution in [-0.2, 0) is 0 Å². The minimum absolute atomic E-state index is 0.455. The molecule has 0 aliphatic heterocycles. The van der Waals surface area contributed by atoms with Gasteiger partial charge in [-0.25, -0.2) is 0 Å². The molecule has 0 aromatic heterocycles. The van der Waals surface area contributed by atoms with Crippen LogP contribution in [0.15, 0.2) is 0 Å². The molecule has 2 nitrogen and oxygen atoms in total. The van der Waals surface area contributed by atoms with Gasteiger partial charge in [-0.15, -0.1) is 0 Å². The third-order valence-corrected chi connectivity index (χ3v) is 3.91. The van der Waals surface area contributed by atoms with Crippen LogP contribution in [0.3, 0.4) is 0 Å². The van der Waals surface area contributed by atoms with Crippen molar-refractivity contribution in [2.45, 2.75) is 64.3 Å². The van der Waals surface area contributed by atoms with Gasteiger partial charge < -0.3 is 10.6 Å². The van der Waals surface area contributed by atoms with Gasteiger partial charge in [0.05, 0.1) is 0 Å². The molecule has 0 heterocycles. The predicted octanol–water partition coefficient (Wildman–Crippen LogP) is 3.02. The standard InChI is InChI=1S/C14H30N2/c1-3-4-8-11-16(2)12-13-9-6-5-7-10-14(13)15/h13-14H,3-12,15H2,1-2H3. The lowest BCUT2D eigenvalue weighted by Crippen LogP contribution is -2.37. The SMILES string of the molecule is CCCCCN(C)CC1CCCCCC1N. The maximum Gasteiger partial charge on any atom is 0.00793 e. The molecule has 2 heteroatoms. The van der Waals surface area contributed by atoms with Crippen molar-refractivity contribution in [3.05, 3.63) is 0 Å². The van der Waals surface area contributed by atoms with Crippen molar-refractivity contribution < 1.29 is 0 Å². The van der Waals surface area contributed by atoms with E-state index in [4.69, 9.17) is 5.73 Å². The Morgan fingerprint density at radius 2 is 1.88 bits per heavy atom. The highest BCUT2D eigenvalue weighted by atomic mass is 15.1. The molecule has 0 aromatic carbocycles. The molecule has 0 amide bonds. The third kappa shape index (κ3) is 5.31. The second-order valence-electron chi connectivity index (χ2n) is 5.53. The van der Waals surface area contributed by atoms with Gasteiger partial charge in [0.25, 0.3) is 0 Å². The summed E-state index contributed by atoms with van der Waals surface area (Å²) in [6.45, 7) is 4.73. The van der Waals surface area contributed by atoms with Crippen molar-refractivity contribution in [3.8, 4) is 0 Å². The summed E-state index contributed by atoms with van der Waals surface area (Å²) in [6.07, 6.45) is 10.7. The fourth-order valence-electron chi connectivity index (χ4n) is 2.76. The average molecular weight is 226 g/mol. The lowest BCUT2D eigenvalue weighted by molar-refractivity contribution is 0.239. The van der Waals surface area contributed by atoms with Gasteiger partial charge in [-0.3, -0.25) is 0 Å². The van der Waals surface area contributed by atoms with E-state index in [2.05, 4.69) is 18.9 Å². The summed E-state index contributed by atoms with van der Waals surface area (Å²) in [4.78, 5) is 2.49. The molecule has 1 aliphatic carbocycles. The van der Waals surface area contributed by atoms with E-state index >= 15 is 0 Å². The third-order valence-electron chi connectivity index (χ3n) is 3.91. The second kappa shape index (κ2) is 8.08. The Morgan fingerprint density at radius 3 is 2.62 bits per heavy atom. The van der Waals surface area contributed by atoms with Crippen LogP contribution in [0.1, 0.15) is 58.3 Å². The van der Waals surface area contributed by atoms with E-state index in [1.807, 2.05) is 0 Å². The van der Waals surface area contributed by atoms with Crippen LogP contribution in [0.2, 0.25) is 0 Å². The molecule has 16 heavy (non-hydrogen) atoms. The number of nitrogens with two attached hydrogens (primary N) is 1. The summed E-state index contributed by atoms with van der Waals surface area (Å²) in [5.74, 6) is 0.745. The number of nitrogens with zero attached hydrogens (tertiary/aromatic N) is 1. The van der Waals surface area contributed by atoms with Crippen molar-refractivity contribution >= 4 is 0 Å². The molecule has 1 rings (SSSR count). The number of hydrogen-bond donors (Lipinski definition) is 1. The first kappa shape index (κ1) is 14.0. The molecule has 0 spiro atoms. The van der Waals surface area contributed by atoms with E-state index in [9.17, 15) is 0 Å². The molecule has 0 radical (unpaired) electrons. The van der Waals surface area contributed by atoms with Crippen LogP contribution in [0.25, 0.3) is 0 Å². The van der Waals surface area contributed by atoms with Gasteiger partial charge in [-0.1, -0.05) is 39.0 Å². The van der Waals surface area contributed by atoms with Crippen LogP contribution in [-0.4, -0.2) is 31.1 Å². The topological polar surface area (TPSA) is 29.3 Å². The zero-order valence-electron chi connectivity index (χ0n) is 11.3. The normalized spacial score (nSPS) is 27.0. The van der Waals surface area contributed by atoms with Crippen LogP contribution < -0.4 is 5.73 Å². The van der Waals surface area contributed by atoms with Crippen molar-refractivity contribution in [2.75, 3.05) is 20.1 Å². The first-order chi connectivity index (χ1) is 7.74. The Hall–Kier alpha value is -0.0800. The summed E-state index contributed by atoms with van der Waals surface area (Å²) in [5.41, 5.74) is 6.26. The smallest absolute Gasteiger partial charge is 0.00793 e. The molecule has 2 unspecified atom stereocenters.